The van der Waals surface area contributed by atoms with Crippen molar-refractivity contribution < 1.29 is 14.2 Å². The molecular formula is C18H19BCl2O3. The van der Waals surface area contributed by atoms with E-state index in [2.05, 4.69) is 0 Å². The summed E-state index contributed by atoms with van der Waals surface area (Å²) >= 11 is 12.4. The van der Waals surface area contributed by atoms with Crippen LogP contribution in [0.4, 0.5) is 0 Å². The summed E-state index contributed by atoms with van der Waals surface area (Å²) in [7, 11) is 0.340. The number of hydrogen-bond donors (Lipinski definition) is 1. The Morgan fingerprint density at radius 1 is 1.12 bits per heavy atom. The van der Waals surface area contributed by atoms with Crippen molar-refractivity contribution in [2.24, 2.45) is 0 Å². The first-order chi connectivity index (χ1) is 11.1. The van der Waals surface area contributed by atoms with Crippen molar-refractivity contribution in [3.05, 3.63) is 40.4 Å². The Balaban J connectivity index is 2.09. The van der Waals surface area contributed by atoms with Crippen LogP contribution < -0.4 is 5.46 Å². The third kappa shape index (κ3) is 3.04. The lowest BCUT2D eigenvalue weighted by molar-refractivity contribution is -0.0893. The minimum atomic E-state index is -0.966. The molecule has 0 bridgehead atoms. The Bertz CT molecular complexity index is 910. The number of aliphatic hydroxyl groups is 1. The number of halogens is 2. The summed E-state index contributed by atoms with van der Waals surface area (Å²) in [5, 5.41) is 13.1. The van der Waals surface area contributed by atoms with E-state index in [0.717, 1.165) is 21.8 Å². The number of fused-ring (bicyclic) bond motifs is 3. The van der Waals surface area contributed by atoms with Crippen molar-refractivity contribution in [1.29, 1.82) is 0 Å². The van der Waals surface area contributed by atoms with Gasteiger partial charge in [-0.05, 0) is 51.4 Å². The van der Waals surface area contributed by atoms with Crippen molar-refractivity contribution in [3.63, 3.8) is 0 Å². The number of rotatable bonds is 4. The van der Waals surface area contributed by atoms with Crippen molar-refractivity contribution in [1.82, 2.24) is 0 Å². The van der Waals surface area contributed by atoms with Gasteiger partial charge in [-0.15, -0.1) is 0 Å². The van der Waals surface area contributed by atoms with Gasteiger partial charge in [0.05, 0.1) is 16.2 Å². The van der Waals surface area contributed by atoms with Gasteiger partial charge in [-0.3, -0.25) is 0 Å². The maximum atomic E-state index is 10.3. The molecule has 6 heteroatoms. The Hall–Kier alpha value is -1.20. The molecule has 0 radical (unpaired) electrons. The molecule has 0 aliphatic rings. The highest BCUT2D eigenvalue weighted by molar-refractivity contribution is 6.53. The van der Waals surface area contributed by atoms with Crippen molar-refractivity contribution in [2.45, 2.75) is 38.9 Å². The van der Waals surface area contributed by atoms with Gasteiger partial charge in [-0.25, -0.2) is 0 Å². The van der Waals surface area contributed by atoms with E-state index in [1.54, 1.807) is 19.9 Å². The quantitative estimate of drug-likeness (QED) is 0.696. The van der Waals surface area contributed by atoms with E-state index in [1.165, 1.54) is 0 Å². The number of benzene rings is 2. The molecule has 3 nitrogen and oxygen atoms in total. The van der Waals surface area contributed by atoms with Gasteiger partial charge in [0, 0.05) is 15.8 Å². The van der Waals surface area contributed by atoms with E-state index >= 15 is 0 Å². The maximum absolute atomic E-state index is 10.3. The SMILES string of the molecule is CC(C)(O)C(C)(C)OBc1cccc2oc3c(Cl)cc(Cl)cc3c12. The molecule has 0 unspecified atom stereocenters. The summed E-state index contributed by atoms with van der Waals surface area (Å²) < 4.78 is 11.9. The lowest BCUT2D eigenvalue weighted by Gasteiger charge is -2.37. The van der Waals surface area contributed by atoms with Crippen LogP contribution in [0.5, 0.6) is 0 Å². The maximum Gasteiger partial charge on any atom is 0.310 e. The van der Waals surface area contributed by atoms with E-state index in [1.807, 2.05) is 38.1 Å². The summed E-state index contributed by atoms with van der Waals surface area (Å²) in [5.41, 5.74) is 0.638. The number of furan rings is 1. The van der Waals surface area contributed by atoms with E-state index in [0.29, 0.717) is 23.1 Å². The van der Waals surface area contributed by atoms with Crippen LogP contribution in [-0.4, -0.2) is 23.8 Å². The van der Waals surface area contributed by atoms with Gasteiger partial charge in [0.2, 0.25) is 0 Å². The first kappa shape index (κ1) is 17.6. The van der Waals surface area contributed by atoms with Crippen LogP contribution in [0.15, 0.2) is 34.7 Å². The van der Waals surface area contributed by atoms with Gasteiger partial charge < -0.3 is 14.2 Å². The second kappa shape index (κ2) is 5.96. The molecule has 0 saturated carbocycles. The van der Waals surface area contributed by atoms with Crippen LogP contribution in [0.3, 0.4) is 0 Å². The zero-order valence-electron chi connectivity index (χ0n) is 14.1. The normalized spacial score (nSPS) is 13.0. The highest BCUT2D eigenvalue weighted by Gasteiger charge is 2.35. The Morgan fingerprint density at radius 2 is 1.83 bits per heavy atom. The van der Waals surface area contributed by atoms with Crippen LogP contribution in [-0.2, 0) is 4.65 Å². The summed E-state index contributed by atoms with van der Waals surface area (Å²) in [5.74, 6) is 0. The molecule has 2 aromatic carbocycles. The zero-order chi connectivity index (χ0) is 17.7. The minimum absolute atomic E-state index is 0.340. The molecule has 1 aromatic heterocycles. The van der Waals surface area contributed by atoms with Crippen LogP contribution in [0, 0.1) is 0 Å². The van der Waals surface area contributed by atoms with Gasteiger partial charge in [0.15, 0.2) is 5.58 Å². The second-order valence-electron chi connectivity index (χ2n) is 7.01. The van der Waals surface area contributed by atoms with Gasteiger partial charge >= 0.3 is 7.48 Å². The fourth-order valence-corrected chi connectivity index (χ4v) is 3.01. The van der Waals surface area contributed by atoms with Crippen LogP contribution >= 0.6 is 23.2 Å². The largest absolute Gasteiger partial charge is 0.455 e. The smallest absolute Gasteiger partial charge is 0.310 e. The van der Waals surface area contributed by atoms with Gasteiger partial charge in [-0.1, -0.05) is 35.3 Å². The molecule has 0 aliphatic carbocycles. The summed E-state index contributed by atoms with van der Waals surface area (Å²) in [6, 6.07) is 9.30. The molecule has 1 N–H and O–H groups in total. The predicted octanol–water partition coefficient (Wildman–Crippen LogP) is 4.44. The molecule has 0 aliphatic heterocycles. The first-order valence-corrected chi connectivity index (χ1v) is 8.51. The van der Waals surface area contributed by atoms with E-state index in [4.69, 9.17) is 32.3 Å². The molecule has 24 heavy (non-hydrogen) atoms. The second-order valence-corrected chi connectivity index (χ2v) is 7.86. The fraction of sp³-hybridized carbons (Fsp3) is 0.333. The van der Waals surface area contributed by atoms with Crippen LogP contribution in [0.1, 0.15) is 27.7 Å². The molecule has 1 heterocycles. The molecule has 3 aromatic rings. The van der Waals surface area contributed by atoms with E-state index < -0.39 is 11.2 Å². The van der Waals surface area contributed by atoms with Crippen molar-refractivity contribution in [2.75, 3.05) is 0 Å². The van der Waals surface area contributed by atoms with Gasteiger partial charge in [0.25, 0.3) is 0 Å². The molecule has 0 spiro atoms. The zero-order valence-corrected chi connectivity index (χ0v) is 15.6. The fourth-order valence-electron chi connectivity index (χ4n) is 2.48. The van der Waals surface area contributed by atoms with E-state index in [-0.39, 0.29) is 0 Å². The van der Waals surface area contributed by atoms with Crippen LogP contribution in [0.2, 0.25) is 10.0 Å². The van der Waals surface area contributed by atoms with Crippen molar-refractivity contribution >= 4 is 58.1 Å². The summed E-state index contributed by atoms with van der Waals surface area (Å²) in [4.78, 5) is 0. The third-order valence-corrected chi connectivity index (χ3v) is 5.16. The van der Waals surface area contributed by atoms with Gasteiger partial charge in [0.1, 0.15) is 5.58 Å². The lowest BCUT2D eigenvalue weighted by Crippen LogP contribution is -2.49. The number of hydrogen-bond acceptors (Lipinski definition) is 3. The standard InChI is InChI=1S/C18H19BCl2O3/c1-17(2,22)18(3,4)24-19-12-6-5-7-14-15(12)11-8-10(20)9-13(21)16(11)23-14/h5-9,19,22H,1-4H3. The average Bonchev–Trinajstić information content (AvgIpc) is 2.83. The molecule has 0 fully saturated rings. The van der Waals surface area contributed by atoms with Crippen LogP contribution in [0.25, 0.3) is 21.9 Å². The Kier molecular flexibility index (Phi) is 4.37. The predicted molar refractivity (Wildman–Crippen MR) is 102 cm³/mol. The molecule has 3 rings (SSSR count). The monoisotopic (exact) mass is 364 g/mol. The highest BCUT2D eigenvalue weighted by atomic mass is 35.5. The Morgan fingerprint density at radius 3 is 2.50 bits per heavy atom. The highest BCUT2D eigenvalue weighted by Crippen LogP contribution is 2.35. The molecule has 126 valence electrons. The molecule has 0 atom stereocenters. The first-order valence-electron chi connectivity index (χ1n) is 7.75. The summed E-state index contributed by atoms with van der Waals surface area (Å²) in [6.07, 6.45) is 0. The summed E-state index contributed by atoms with van der Waals surface area (Å²) in [6.45, 7) is 7.21. The third-order valence-electron chi connectivity index (χ3n) is 4.66. The van der Waals surface area contributed by atoms with E-state index in [9.17, 15) is 5.11 Å². The molecule has 0 amide bonds. The Labute approximate surface area is 151 Å². The molecule has 0 saturated heterocycles. The topological polar surface area (TPSA) is 42.6 Å². The minimum Gasteiger partial charge on any atom is -0.455 e. The van der Waals surface area contributed by atoms with Gasteiger partial charge in [-0.2, -0.15) is 0 Å². The lowest BCUT2D eigenvalue weighted by atomic mass is 9.80. The molecular weight excluding hydrogens is 346 g/mol. The van der Waals surface area contributed by atoms with Crippen molar-refractivity contribution in [3.8, 4) is 0 Å². The average molecular weight is 365 g/mol.